The number of hydrogen-bond acceptors (Lipinski definition) is 4. The number of nitrogens with two attached hydrogens (primary N) is 1. The Morgan fingerprint density at radius 3 is 2.93 bits per heavy atom. The molecule has 0 bridgehead atoms. The SMILES string of the molecule is N#Cc1cnc(-c2ccc[nH]2)nc1N. The Morgan fingerprint density at radius 2 is 2.36 bits per heavy atom. The van der Waals surface area contributed by atoms with E-state index in [-0.39, 0.29) is 5.82 Å². The lowest BCUT2D eigenvalue weighted by molar-refractivity contribution is 1.15. The molecule has 0 amide bonds. The summed E-state index contributed by atoms with van der Waals surface area (Å²) in [6.45, 7) is 0. The van der Waals surface area contributed by atoms with Crippen molar-refractivity contribution in [2.45, 2.75) is 0 Å². The van der Waals surface area contributed by atoms with Crippen LogP contribution in [0.5, 0.6) is 0 Å². The molecule has 0 aromatic carbocycles. The molecule has 0 radical (unpaired) electrons. The molecule has 0 unspecified atom stereocenters. The van der Waals surface area contributed by atoms with Crippen LogP contribution in [0, 0.1) is 11.3 Å². The first-order chi connectivity index (χ1) is 6.81. The Hall–Kier alpha value is -2.35. The predicted molar refractivity (Wildman–Crippen MR) is 50.9 cm³/mol. The molecule has 0 aliphatic rings. The zero-order valence-corrected chi connectivity index (χ0v) is 7.23. The molecule has 2 aromatic rings. The van der Waals surface area contributed by atoms with Gasteiger partial charge in [0.05, 0.1) is 11.9 Å². The number of rotatable bonds is 1. The van der Waals surface area contributed by atoms with Crippen LogP contribution in [0.25, 0.3) is 11.5 Å². The third-order valence-corrected chi connectivity index (χ3v) is 1.78. The van der Waals surface area contributed by atoms with E-state index < -0.39 is 0 Å². The molecule has 0 atom stereocenters. The molecule has 14 heavy (non-hydrogen) atoms. The van der Waals surface area contributed by atoms with Gasteiger partial charge in [0.2, 0.25) is 0 Å². The van der Waals surface area contributed by atoms with Crippen molar-refractivity contribution in [2.75, 3.05) is 5.73 Å². The number of aromatic nitrogens is 3. The largest absolute Gasteiger partial charge is 0.382 e. The fourth-order valence-electron chi connectivity index (χ4n) is 1.08. The van der Waals surface area contributed by atoms with Gasteiger partial charge < -0.3 is 10.7 Å². The fraction of sp³-hybridized carbons (Fsp3) is 0. The van der Waals surface area contributed by atoms with Gasteiger partial charge in [-0.25, -0.2) is 9.97 Å². The van der Waals surface area contributed by atoms with Crippen molar-refractivity contribution in [1.29, 1.82) is 5.26 Å². The van der Waals surface area contributed by atoms with Crippen molar-refractivity contribution in [2.24, 2.45) is 0 Å². The molecule has 2 heterocycles. The van der Waals surface area contributed by atoms with Crippen LogP contribution in [0.15, 0.2) is 24.5 Å². The van der Waals surface area contributed by atoms with E-state index in [2.05, 4.69) is 15.0 Å². The second kappa shape index (κ2) is 3.18. The average molecular weight is 185 g/mol. The Labute approximate surface area is 80.2 Å². The van der Waals surface area contributed by atoms with Gasteiger partial charge in [-0.15, -0.1) is 0 Å². The summed E-state index contributed by atoms with van der Waals surface area (Å²) in [5.41, 5.74) is 6.62. The van der Waals surface area contributed by atoms with Crippen LogP contribution in [-0.2, 0) is 0 Å². The third-order valence-electron chi connectivity index (χ3n) is 1.78. The van der Waals surface area contributed by atoms with Gasteiger partial charge >= 0.3 is 0 Å². The molecule has 0 spiro atoms. The summed E-state index contributed by atoms with van der Waals surface area (Å²) in [5.74, 6) is 0.693. The molecule has 0 saturated carbocycles. The maximum atomic E-state index is 8.62. The molecule has 2 aromatic heterocycles. The summed E-state index contributed by atoms with van der Waals surface area (Å²) in [6.07, 6.45) is 3.19. The lowest BCUT2D eigenvalue weighted by Gasteiger charge is -1.98. The molecule has 3 N–H and O–H groups in total. The standard InChI is InChI=1S/C9H7N5/c10-4-6-5-13-9(14-8(6)11)7-2-1-3-12-7/h1-3,5,12H,(H2,11,13,14). The highest BCUT2D eigenvalue weighted by molar-refractivity contribution is 5.55. The number of nitriles is 1. The summed E-state index contributed by atoms with van der Waals surface area (Å²) in [4.78, 5) is 11.0. The molecular weight excluding hydrogens is 178 g/mol. The fourth-order valence-corrected chi connectivity index (χ4v) is 1.08. The van der Waals surface area contributed by atoms with Gasteiger partial charge in [0, 0.05) is 6.20 Å². The number of nitrogen functional groups attached to an aromatic ring is 1. The third kappa shape index (κ3) is 1.29. The van der Waals surface area contributed by atoms with Crippen molar-refractivity contribution in [3.63, 3.8) is 0 Å². The van der Waals surface area contributed by atoms with Crippen LogP contribution >= 0.6 is 0 Å². The zero-order chi connectivity index (χ0) is 9.97. The number of anilines is 1. The Kier molecular flexibility index (Phi) is 1.88. The van der Waals surface area contributed by atoms with E-state index in [1.54, 1.807) is 6.20 Å². The minimum atomic E-state index is 0.201. The Morgan fingerprint density at radius 1 is 1.50 bits per heavy atom. The van der Waals surface area contributed by atoms with E-state index >= 15 is 0 Å². The van der Waals surface area contributed by atoms with Crippen molar-refractivity contribution >= 4 is 5.82 Å². The van der Waals surface area contributed by atoms with Gasteiger partial charge in [-0.05, 0) is 12.1 Å². The quantitative estimate of drug-likeness (QED) is 0.691. The normalized spacial score (nSPS) is 9.64. The second-order valence-electron chi connectivity index (χ2n) is 2.69. The van der Waals surface area contributed by atoms with E-state index in [1.807, 2.05) is 18.2 Å². The summed E-state index contributed by atoms with van der Waals surface area (Å²) in [7, 11) is 0. The first-order valence-electron chi connectivity index (χ1n) is 3.97. The van der Waals surface area contributed by atoms with Crippen molar-refractivity contribution in [3.8, 4) is 17.6 Å². The highest BCUT2D eigenvalue weighted by Crippen LogP contribution is 2.14. The van der Waals surface area contributed by atoms with Crippen LogP contribution in [0.1, 0.15) is 5.56 Å². The molecule has 0 saturated heterocycles. The molecule has 5 heteroatoms. The smallest absolute Gasteiger partial charge is 0.178 e. The molecule has 5 nitrogen and oxygen atoms in total. The lowest BCUT2D eigenvalue weighted by Crippen LogP contribution is -1.98. The minimum Gasteiger partial charge on any atom is -0.382 e. The molecule has 0 fully saturated rings. The monoisotopic (exact) mass is 185 g/mol. The number of aromatic amines is 1. The van der Waals surface area contributed by atoms with Gasteiger partial charge in [-0.1, -0.05) is 0 Å². The Bertz CT molecular complexity index is 480. The van der Waals surface area contributed by atoms with Crippen molar-refractivity contribution in [1.82, 2.24) is 15.0 Å². The maximum absolute atomic E-state index is 8.62. The van der Waals surface area contributed by atoms with Crippen LogP contribution in [0.2, 0.25) is 0 Å². The highest BCUT2D eigenvalue weighted by Gasteiger charge is 2.05. The molecule has 68 valence electrons. The van der Waals surface area contributed by atoms with Crippen molar-refractivity contribution in [3.05, 3.63) is 30.1 Å². The average Bonchev–Trinajstić information content (AvgIpc) is 2.70. The van der Waals surface area contributed by atoms with Crippen molar-refractivity contribution < 1.29 is 0 Å². The number of nitrogens with zero attached hydrogens (tertiary/aromatic N) is 3. The van der Waals surface area contributed by atoms with Gasteiger partial charge in [0.15, 0.2) is 5.82 Å². The summed E-state index contributed by atoms with van der Waals surface area (Å²) in [5, 5.41) is 8.62. The number of hydrogen-bond donors (Lipinski definition) is 2. The van der Waals surface area contributed by atoms with Gasteiger partial charge in [-0.2, -0.15) is 5.26 Å². The van der Waals surface area contributed by atoms with Gasteiger partial charge in [0.1, 0.15) is 17.5 Å². The Balaban J connectivity index is 2.49. The van der Waals surface area contributed by atoms with E-state index in [4.69, 9.17) is 11.0 Å². The maximum Gasteiger partial charge on any atom is 0.178 e. The van der Waals surface area contributed by atoms with E-state index in [0.717, 1.165) is 5.69 Å². The predicted octanol–water partition coefficient (Wildman–Crippen LogP) is 0.926. The zero-order valence-electron chi connectivity index (χ0n) is 7.23. The van der Waals surface area contributed by atoms with Crippen LogP contribution in [0.4, 0.5) is 5.82 Å². The van der Waals surface area contributed by atoms with Crippen LogP contribution in [-0.4, -0.2) is 15.0 Å². The minimum absolute atomic E-state index is 0.201. The summed E-state index contributed by atoms with van der Waals surface area (Å²) in [6, 6.07) is 5.58. The van der Waals surface area contributed by atoms with Gasteiger partial charge in [0.25, 0.3) is 0 Å². The molecule has 2 rings (SSSR count). The number of H-pyrrole nitrogens is 1. The first kappa shape index (κ1) is 8.26. The van der Waals surface area contributed by atoms with Crippen LogP contribution in [0.3, 0.4) is 0 Å². The van der Waals surface area contributed by atoms with Gasteiger partial charge in [-0.3, -0.25) is 0 Å². The highest BCUT2D eigenvalue weighted by atomic mass is 15.0. The molecular formula is C9H7N5. The summed E-state index contributed by atoms with van der Waals surface area (Å²) < 4.78 is 0. The topological polar surface area (TPSA) is 91.4 Å². The van der Waals surface area contributed by atoms with E-state index in [9.17, 15) is 0 Å². The van der Waals surface area contributed by atoms with E-state index in [1.165, 1.54) is 6.20 Å². The first-order valence-corrected chi connectivity index (χ1v) is 3.97. The van der Waals surface area contributed by atoms with Crippen LogP contribution < -0.4 is 5.73 Å². The lowest BCUT2D eigenvalue weighted by atomic mass is 10.3. The second-order valence-corrected chi connectivity index (χ2v) is 2.69. The summed E-state index contributed by atoms with van der Waals surface area (Å²) >= 11 is 0. The number of nitrogens with one attached hydrogen (secondary N) is 1. The van der Waals surface area contributed by atoms with E-state index in [0.29, 0.717) is 11.4 Å². The molecule has 0 aliphatic carbocycles. The molecule has 0 aliphatic heterocycles.